The molecule has 1 aliphatic rings. The Morgan fingerprint density at radius 2 is 2.18 bits per heavy atom. The van der Waals surface area contributed by atoms with Crippen molar-refractivity contribution >= 4 is 0 Å². The van der Waals surface area contributed by atoms with Gasteiger partial charge in [-0.1, -0.05) is 27.2 Å². The van der Waals surface area contributed by atoms with Gasteiger partial charge in [0.2, 0.25) is 0 Å². The van der Waals surface area contributed by atoms with E-state index in [1.807, 2.05) is 0 Å². The van der Waals surface area contributed by atoms with Crippen molar-refractivity contribution in [3.63, 3.8) is 0 Å². The van der Waals surface area contributed by atoms with Crippen LogP contribution in [0.15, 0.2) is 0 Å². The van der Waals surface area contributed by atoms with Crippen LogP contribution in [0.2, 0.25) is 0 Å². The van der Waals surface area contributed by atoms with Gasteiger partial charge in [-0.05, 0) is 31.1 Å². The standard InChI is InChI=1S/C10H21N/c1-4-8(3)9-6-7-10(9,11)5-2/h8-9H,4-7,11H2,1-3H3. The minimum absolute atomic E-state index is 0.204. The third-order valence-corrected chi connectivity index (χ3v) is 3.65. The Labute approximate surface area is 70.4 Å². The van der Waals surface area contributed by atoms with E-state index in [4.69, 9.17) is 5.73 Å². The molecule has 1 aliphatic carbocycles. The summed E-state index contributed by atoms with van der Waals surface area (Å²) in [6, 6.07) is 0. The largest absolute Gasteiger partial charge is 0.325 e. The molecule has 0 radical (unpaired) electrons. The number of hydrogen-bond donors (Lipinski definition) is 1. The predicted molar refractivity (Wildman–Crippen MR) is 49.4 cm³/mol. The lowest BCUT2D eigenvalue weighted by molar-refractivity contribution is 0.0694. The molecular weight excluding hydrogens is 134 g/mol. The quantitative estimate of drug-likeness (QED) is 0.666. The van der Waals surface area contributed by atoms with Gasteiger partial charge >= 0.3 is 0 Å². The molecule has 11 heavy (non-hydrogen) atoms. The highest BCUT2D eigenvalue weighted by molar-refractivity contribution is 5.00. The van der Waals surface area contributed by atoms with Gasteiger partial charge in [0, 0.05) is 5.54 Å². The normalized spacial score (nSPS) is 39.8. The minimum atomic E-state index is 0.204. The van der Waals surface area contributed by atoms with Crippen LogP contribution in [0.1, 0.15) is 46.5 Å². The highest BCUT2D eigenvalue weighted by Gasteiger charge is 2.43. The maximum absolute atomic E-state index is 6.22. The third-order valence-electron chi connectivity index (χ3n) is 3.65. The second-order valence-corrected chi connectivity index (χ2v) is 4.12. The van der Waals surface area contributed by atoms with Gasteiger partial charge in [0.05, 0.1) is 0 Å². The molecule has 3 atom stereocenters. The molecular formula is C10H21N. The number of hydrogen-bond acceptors (Lipinski definition) is 1. The highest BCUT2D eigenvalue weighted by Crippen LogP contribution is 2.44. The van der Waals surface area contributed by atoms with E-state index >= 15 is 0 Å². The first-order chi connectivity index (χ1) is 5.14. The number of rotatable bonds is 3. The van der Waals surface area contributed by atoms with Crippen molar-refractivity contribution in [2.75, 3.05) is 0 Å². The highest BCUT2D eigenvalue weighted by atomic mass is 14.8. The van der Waals surface area contributed by atoms with Crippen LogP contribution in [0, 0.1) is 11.8 Å². The van der Waals surface area contributed by atoms with Crippen molar-refractivity contribution in [3.8, 4) is 0 Å². The summed E-state index contributed by atoms with van der Waals surface area (Å²) >= 11 is 0. The molecule has 0 bridgehead atoms. The van der Waals surface area contributed by atoms with Crippen LogP contribution in [-0.4, -0.2) is 5.54 Å². The third kappa shape index (κ3) is 1.44. The van der Waals surface area contributed by atoms with Crippen LogP contribution in [0.25, 0.3) is 0 Å². The van der Waals surface area contributed by atoms with Gasteiger partial charge < -0.3 is 5.73 Å². The summed E-state index contributed by atoms with van der Waals surface area (Å²) in [5.74, 6) is 1.63. The van der Waals surface area contributed by atoms with Crippen LogP contribution in [0.3, 0.4) is 0 Å². The van der Waals surface area contributed by atoms with E-state index in [2.05, 4.69) is 20.8 Å². The first kappa shape index (κ1) is 9.05. The molecule has 1 heteroatoms. The predicted octanol–water partition coefficient (Wildman–Crippen LogP) is 2.55. The maximum Gasteiger partial charge on any atom is 0.0182 e. The van der Waals surface area contributed by atoms with Crippen LogP contribution >= 0.6 is 0 Å². The van der Waals surface area contributed by atoms with E-state index in [0.717, 1.165) is 18.3 Å². The maximum atomic E-state index is 6.22. The summed E-state index contributed by atoms with van der Waals surface area (Å²) in [4.78, 5) is 0. The Bertz CT molecular complexity index is 129. The lowest BCUT2D eigenvalue weighted by atomic mass is 9.60. The average Bonchev–Trinajstić information content (AvgIpc) is 2.01. The van der Waals surface area contributed by atoms with Crippen LogP contribution in [-0.2, 0) is 0 Å². The fourth-order valence-corrected chi connectivity index (χ4v) is 2.26. The summed E-state index contributed by atoms with van der Waals surface area (Å²) in [5, 5.41) is 0. The minimum Gasteiger partial charge on any atom is -0.325 e. The van der Waals surface area contributed by atoms with Crippen molar-refractivity contribution < 1.29 is 0 Å². The van der Waals surface area contributed by atoms with Crippen LogP contribution in [0.4, 0.5) is 0 Å². The topological polar surface area (TPSA) is 26.0 Å². The lowest BCUT2D eigenvalue weighted by Crippen LogP contribution is -2.56. The molecule has 0 aliphatic heterocycles. The molecule has 0 saturated heterocycles. The first-order valence-electron chi connectivity index (χ1n) is 4.93. The van der Waals surface area contributed by atoms with Gasteiger partial charge in [-0.25, -0.2) is 0 Å². The molecule has 3 unspecified atom stereocenters. The Morgan fingerprint density at radius 1 is 1.55 bits per heavy atom. The Hall–Kier alpha value is -0.0400. The fraction of sp³-hybridized carbons (Fsp3) is 1.00. The van der Waals surface area contributed by atoms with Gasteiger partial charge in [-0.3, -0.25) is 0 Å². The van der Waals surface area contributed by atoms with E-state index < -0.39 is 0 Å². The Morgan fingerprint density at radius 3 is 2.45 bits per heavy atom. The zero-order valence-corrected chi connectivity index (χ0v) is 8.06. The van der Waals surface area contributed by atoms with Crippen molar-refractivity contribution in [3.05, 3.63) is 0 Å². The molecule has 0 aromatic heterocycles. The first-order valence-corrected chi connectivity index (χ1v) is 4.93. The monoisotopic (exact) mass is 155 g/mol. The molecule has 66 valence electrons. The van der Waals surface area contributed by atoms with E-state index in [-0.39, 0.29) is 5.54 Å². The molecule has 1 rings (SSSR count). The smallest absolute Gasteiger partial charge is 0.0182 e. The van der Waals surface area contributed by atoms with Crippen LogP contribution < -0.4 is 5.73 Å². The Kier molecular flexibility index (Phi) is 2.58. The van der Waals surface area contributed by atoms with Gasteiger partial charge in [-0.15, -0.1) is 0 Å². The van der Waals surface area contributed by atoms with Gasteiger partial charge in [0.1, 0.15) is 0 Å². The van der Waals surface area contributed by atoms with E-state index in [1.165, 1.54) is 19.3 Å². The lowest BCUT2D eigenvalue weighted by Gasteiger charge is -2.49. The Balaban J connectivity index is 2.48. The average molecular weight is 155 g/mol. The molecule has 1 fully saturated rings. The molecule has 0 aromatic rings. The summed E-state index contributed by atoms with van der Waals surface area (Å²) in [6.07, 6.45) is 5.05. The second kappa shape index (κ2) is 3.14. The van der Waals surface area contributed by atoms with Crippen LogP contribution in [0.5, 0.6) is 0 Å². The van der Waals surface area contributed by atoms with E-state index in [9.17, 15) is 0 Å². The molecule has 1 saturated carbocycles. The molecule has 0 amide bonds. The van der Waals surface area contributed by atoms with Gasteiger partial charge in [0.25, 0.3) is 0 Å². The summed E-state index contributed by atoms with van der Waals surface area (Å²) in [5.41, 5.74) is 6.43. The molecule has 0 spiro atoms. The number of nitrogens with two attached hydrogens (primary N) is 1. The SMILES string of the molecule is CCC(C)C1CCC1(N)CC. The van der Waals surface area contributed by atoms with Gasteiger partial charge in [-0.2, -0.15) is 0 Å². The summed E-state index contributed by atoms with van der Waals surface area (Å²) < 4.78 is 0. The second-order valence-electron chi connectivity index (χ2n) is 4.12. The van der Waals surface area contributed by atoms with E-state index in [1.54, 1.807) is 0 Å². The summed E-state index contributed by atoms with van der Waals surface area (Å²) in [6.45, 7) is 6.81. The fourth-order valence-electron chi connectivity index (χ4n) is 2.26. The zero-order valence-electron chi connectivity index (χ0n) is 8.06. The van der Waals surface area contributed by atoms with Crippen molar-refractivity contribution in [2.24, 2.45) is 17.6 Å². The summed E-state index contributed by atoms with van der Waals surface area (Å²) in [7, 11) is 0. The van der Waals surface area contributed by atoms with E-state index in [0.29, 0.717) is 0 Å². The zero-order chi connectivity index (χ0) is 8.48. The molecule has 2 N–H and O–H groups in total. The van der Waals surface area contributed by atoms with Crippen molar-refractivity contribution in [2.45, 2.75) is 52.0 Å². The van der Waals surface area contributed by atoms with Crippen molar-refractivity contribution in [1.29, 1.82) is 0 Å². The van der Waals surface area contributed by atoms with Gasteiger partial charge in [0.15, 0.2) is 0 Å². The molecule has 0 aromatic carbocycles. The molecule has 0 heterocycles. The van der Waals surface area contributed by atoms with Crippen molar-refractivity contribution in [1.82, 2.24) is 0 Å². The molecule has 1 nitrogen and oxygen atoms in total.